The fourth-order valence-electron chi connectivity index (χ4n) is 3.41. The van der Waals surface area contributed by atoms with Crippen molar-refractivity contribution in [3.05, 3.63) is 87.3 Å². The number of nitrogens with one attached hydrogen (secondary N) is 1. The van der Waals surface area contributed by atoms with Crippen molar-refractivity contribution in [2.75, 3.05) is 19.5 Å². The van der Waals surface area contributed by atoms with Crippen LogP contribution in [0.1, 0.15) is 5.56 Å². The van der Waals surface area contributed by atoms with Crippen molar-refractivity contribution in [2.24, 2.45) is 0 Å². The lowest BCUT2D eigenvalue weighted by molar-refractivity contribution is -0.116. The van der Waals surface area contributed by atoms with Crippen LogP contribution in [0.15, 0.2) is 70.5 Å². The number of anilines is 1. The van der Waals surface area contributed by atoms with Gasteiger partial charge in [0.2, 0.25) is 5.91 Å². The maximum atomic E-state index is 13.2. The number of rotatable bonds is 7. The van der Waals surface area contributed by atoms with E-state index < -0.39 is 17.2 Å². The summed E-state index contributed by atoms with van der Waals surface area (Å²) in [5, 5.41) is 2.72. The van der Waals surface area contributed by atoms with Gasteiger partial charge in [-0.1, -0.05) is 30.3 Å². The minimum atomic E-state index is -0.659. The Morgan fingerprint density at radius 3 is 2.45 bits per heavy atom. The zero-order valence-electron chi connectivity index (χ0n) is 18.0. The summed E-state index contributed by atoms with van der Waals surface area (Å²) in [5.74, 6) is 0.460. The van der Waals surface area contributed by atoms with E-state index in [0.717, 1.165) is 14.7 Å². The molecule has 1 amide bonds. The molecule has 10 nitrogen and oxygen atoms in total. The molecule has 0 saturated heterocycles. The third kappa shape index (κ3) is 4.45. The van der Waals surface area contributed by atoms with Gasteiger partial charge in [0.25, 0.3) is 5.56 Å². The van der Waals surface area contributed by atoms with Crippen LogP contribution in [0.3, 0.4) is 0 Å². The fraction of sp³-hybridized carbons (Fsp3) is 0.174. The Labute approximate surface area is 188 Å². The number of hydrogen-bond donors (Lipinski definition) is 1. The Kier molecular flexibility index (Phi) is 6.16. The van der Waals surface area contributed by atoms with E-state index in [0.29, 0.717) is 17.2 Å². The van der Waals surface area contributed by atoms with Crippen molar-refractivity contribution in [1.82, 2.24) is 19.1 Å². The topological polar surface area (TPSA) is 117 Å². The molecule has 0 unspecified atom stereocenters. The summed E-state index contributed by atoms with van der Waals surface area (Å²) in [6.07, 6.45) is 2.73. The SMILES string of the molecule is COc1ccc(NC(=O)Cn2c(=O)n(Cc3ccccc3)c(=O)c3nccnc32)c(OC)c1. The monoisotopic (exact) mass is 447 g/mol. The third-order valence-electron chi connectivity index (χ3n) is 5.01. The van der Waals surface area contributed by atoms with Gasteiger partial charge in [0.1, 0.15) is 18.0 Å². The first-order chi connectivity index (χ1) is 16.0. The van der Waals surface area contributed by atoms with Crippen molar-refractivity contribution in [3.63, 3.8) is 0 Å². The zero-order chi connectivity index (χ0) is 23.4. The first-order valence-electron chi connectivity index (χ1n) is 10.0. The van der Waals surface area contributed by atoms with E-state index in [-0.39, 0.29) is 24.3 Å². The molecule has 4 aromatic rings. The van der Waals surface area contributed by atoms with Gasteiger partial charge in [0.15, 0.2) is 11.2 Å². The molecule has 2 aromatic heterocycles. The molecule has 0 saturated carbocycles. The number of methoxy groups -OCH3 is 2. The number of fused-ring (bicyclic) bond motifs is 1. The predicted octanol–water partition coefficient (Wildman–Crippen LogP) is 1.66. The zero-order valence-corrected chi connectivity index (χ0v) is 18.0. The Bertz CT molecular complexity index is 1430. The quantitative estimate of drug-likeness (QED) is 0.458. The third-order valence-corrected chi connectivity index (χ3v) is 5.01. The second-order valence-corrected chi connectivity index (χ2v) is 7.09. The van der Waals surface area contributed by atoms with Crippen LogP contribution in [0.25, 0.3) is 11.2 Å². The van der Waals surface area contributed by atoms with E-state index in [1.807, 2.05) is 18.2 Å². The fourth-order valence-corrected chi connectivity index (χ4v) is 3.41. The van der Waals surface area contributed by atoms with Crippen LogP contribution in [0.4, 0.5) is 5.69 Å². The van der Waals surface area contributed by atoms with Crippen molar-refractivity contribution >= 4 is 22.8 Å². The molecule has 0 radical (unpaired) electrons. The van der Waals surface area contributed by atoms with Crippen LogP contribution in [0.2, 0.25) is 0 Å². The highest BCUT2D eigenvalue weighted by molar-refractivity contribution is 5.92. The van der Waals surface area contributed by atoms with Gasteiger partial charge in [-0.05, 0) is 17.7 Å². The molecule has 168 valence electrons. The number of carbonyl (C=O) groups is 1. The van der Waals surface area contributed by atoms with Gasteiger partial charge in [-0.2, -0.15) is 0 Å². The molecule has 0 spiro atoms. The molecule has 1 N–H and O–H groups in total. The lowest BCUT2D eigenvalue weighted by Gasteiger charge is -2.14. The van der Waals surface area contributed by atoms with Crippen LogP contribution in [-0.4, -0.2) is 39.2 Å². The molecule has 0 bridgehead atoms. The van der Waals surface area contributed by atoms with E-state index >= 15 is 0 Å². The maximum absolute atomic E-state index is 13.2. The standard InChI is InChI=1S/C23H21N5O5/c1-32-16-8-9-17(18(12-16)33-2)26-19(29)14-27-21-20(24-10-11-25-21)22(30)28(23(27)31)13-15-6-4-3-5-7-15/h3-12H,13-14H2,1-2H3,(H,26,29). The highest BCUT2D eigenvalue weighted by atomic mass is 16.5. The van der Waals surface area contributed by atoms with Crippen LogP contribution < -0.4 is 26.0 Å². The second kappa shape index (κ2) is 9.35. The molecule has 10 heteroatoms. The first kappa shape index (κ1) is 21.8. The number of benzene rings is 2. The molecule has 2 heterocycles. The molecule has 0 aliphatic heterocycles. The smallest absolute Gasteiger partial charge is 0.333 e. The van der Waals surface area contributed by atoms with Crippen LogP contribution in [0, 0.1) is 0 Å². The summed E-state index contributed by atoms with van der Waals surface area (Å²) in [4.78, 5) is 47.3. The Balaban J connectivity index is 1.72. The summed E-state index contributed by atoms with van der Waals surface area (Å²) in [7, 11) is 2.99. The minimum Gasteiger partial charge on any atom is -0.497 e. The van der Waals surface area contributed by atoms with Crippen molar-refractivity contribution < 1.29 is 14.3 Å². The summed E-state index contributed by atoms with van der Waals surface area (Å²) in [5.41, 5.74) is -0.0195. The average molecular weight is 447 g/mol. The van der Waals surface area contributed by atoms with Crippen molar-refractivity contribution in [1.29, 1.82) is 0 Å². The Morgan fingerprint density at radius 1 is 0.970 bits per heavy atom. The number of nitrogens with zero attached hydrogens (tertiary/aromatic N) is 4. The number of ether oxygens (including phenoxy) is 2. The van der Waals surface area contributed by atoms with Gasteiger partial charge in [-0.25, -0.2) is 14.8 Å². The second-order valence-electron chi connectivity index (χ2n) is 7.09. The van der Waals surface area contributed by atoms with Crippen LogP contribution in [-0.2, 0) is 17.9 Å². The number of hydrogen-bond acceptors (Lipinski definition) is 7. The molecule has 2 aromatic carbocycles. The van der Waals surface area contributed by atoms with Gasteiger partial charge in [-0.3, -0.25) is 18.7 Å². The lowest BCUT2D eigenvalue weighted by atomic mass is 10.2. The van der Waals surface area contributed by atoms with Gasteiger partial charge >= 0.3 is 5.69 Å². The largest absolute Gasteiger partial charge is 0.497 e. The molecular weight excluding hydrogens is 426 g/mol. The Morgan fingerprint density at radius 2 is 1.73 bits per heavy atom. The molecule has 0 atom stereocenters. The number of aromatic nitrogens is 4. The highest BCUT2D eigenvalue weighted by Gasteiger charge is 2.18. The van der Waals surface area contributed by atoms with E-state index in [4.69, 9.17) is 9.47 Å². The summed E-state index contributed by atoms with van der Waals surface area (Å²) < 4.78 is 12.7. The Hall–Kier alpha value is -4.47. The normalized spacial score (nSPS) is 10.7. The molecule has 0 fully saturated rings. The van der Waals surface area contributed by atoms with E-state index in [1.54, 1.807) is 30.3 Å². The van der Waals surface area contributed by atoms with Crippen molar-refractivity contribution in [3.8, 4) is 11.5 Å². The number of amides is 1. The van der Waals surface area contributed by atoms with Gasteiger partial charge < -0.3 is 14.8 Å². The number of carbonyl (C=O) groups excluding carboxylic acids is 1. The van der Waals surface area contributed by atoms with Gasteiger partial charge in [0, 0.05) is 18.5 Å². The van der Waals surface area contributed by atoms with Crippen LogP contribution in [0.5, 0.6) is 11.5 Å². The van der Waals surface area contributed by atoms with Gasteiger partial charge in [0.05, 0.1) is 26.5 Å². The molecular formula is C23H21N5O5. The van der Waals surface area contributed by atoms with E-state index in [2.05, 4.69) is 15.3 Å². The maximum Gasteiger partial charge on any atom is 0.333 e. The molecule has 0 aliphatic rings. The summed E-state index contributed by atoms with van der Waals surface area (Å²) in [6.45, 7) is -0.336. The van der Waals surface area contributed by atoms with Crippen LogP contribution >= 0.6 is 0 Å². The lowest BCUT2D eigenvalue weighted by Crippen LogP contribution is -2.42. The van der Waals surface area contributed by atoms with Gasteiger partial charge in [-0.15, -0.1) is 0 Å². The average Bonchev–Trinajstić information content (AvgIpc) is 2.85. The van der Waals surface area contributed by atoms with Crippen molar-refractivity contribution in [2.45, 2.75) is 13.1 Å². The highest BCUT2D eigenvalue weighted by Crippen LogP contribution is 2.29. The molecule has 0 aliphatic carbocycles. The summed E-state index contributed by atoms with van der Waals surface area (Å²) in [6, 6.07) is 14.0. The van der Waals surface area contributed by atoms with E-state index in [9.17, 15) is 14.4 Å². The summed E-state index contributed by atoms with van der Waals surface area (Å²) >= 11 is 0. The van der Waals surface area contributed by atoms with E-state index in [1.165, 1.54) is 26.6 Å². The first-order valence-corrected chi connectivity index (χ1v) is 10.0. The minimum absolute atomic E-state index is 0.00265. The molecule has 4 rings (SSSR count). The molecule has 33 heavy (non-hydrogen) atoms. The predicted molar refractivity (Wildman–Crippen MR) is 122 cm³/mol.